The van der Waals surface area contributed by atoms with Gasteiger partial charge in [-0.1, -0.05) is 41.5 Å². The van der Waals surface area contributed by atoms with Crippen LogP contribution in [0, 0.1) is 11.8 Å². The molecule has 3 aliphatic rings. The molecule has 2 bridgehead atoms. The molecule has 4 atom stereocenters. The molecule has 0 unspecified atom stereocenters. The summed E-state index contributed by atoms with van der Waals surface area (Å²) in [6.07, 6.45) is 5.06. The van der Waals surface area contributed by atoms with Crippen LogP contribution in [-0.2, 0) is 33.5 Å². The van der Waals surface area contributed by atoms with Crippen molar-refractivity contribution in [3.05, 3.63) is 12.2 Å². The van der Waals surface area contributed by atoms with Crippen LogP contribution in [0.25, 0.3) is 0 Å². The van der Waals surface area contributed by atoms with E-state index in [1.807, 2.05) is 0 Å². The molecule has 2 heterocycles. The van der Waals surface area contributed by atoms with Crippen molar-refractivity contribution in [3.8, 4) is 0 Å². The van der Waals surface area contributed by atoms with E-state index in [-0.39, 0.29) is 36.8 Å². The Morgan fingerprint density at radius 2 is 1.82 bits per heavy atom. The van der Waals surface area contributed by atoms with Crippen LogP contribution >= 0.6 is 21.6 Å². The Morgan fingerprint density at radius 3 is 2.55 bits per heavy atom. The number of allylic oxidation sites excluding steroid dienone is 1. The lowest BCUT2D eigenvalue weighted by molar-refractivity contribution is -0.148. The fourth-order valence-electron chi connectivity index (χ4n) is 4.06. The molecule has 2 fully saturated rings. The molecule has 2 aliphatic heterocycles. The van der Waals surface area contributed by atoms with Gasteiger partial charge in [-0.25, -0.2) is 0 Å². The lowest BCUT2D eigenvalue weighted by Crippen LogP contribution is -2.59. The maximum Gasteiger partial charge on any atom is 0.326 e. The standard InChI is InChI=1S/C26H39N5O7S2/c1-15(2)23-26(37)28-13-22(34)38-17-5-3-4-10-39-40-14-19(25(36)31-23)30-24(35)18(29-21(33)11-17)8-9-20(32)27-12-16-6-7-16/h3,5,15-19,23H,4,6-14H2,1-2H3,(H,27,32)(H,28,37)(H,29,33)(H,30,35)(H,31,36)/b5-3+/t17-,18-,19-,23-/m1/s1. The predicted molar refractivity (Wildman–Crippen MR) is 152 cm³/mol. The van der Waals surface area contributed by atoms with Crippen molar-refractivity contribution in [2.75, 3.05) is 24.6 Å². The summed E-state index contributed by atoms with van der Waals surface area (Å²) in [6, 6.07) is -3.06. The second kappa shape index (κ2) is 15.9. The SMILES string of the molecule is CC(C)[C@H]1NC(=O)[C@H]2CSSCC/C=C/[C@H](CC(=O)N[C@H](CCC(=O)NCC3CC3)C(=O)N2)OC(=O)CNC1=O. The molecule has 0 aromatic rings. The van der Waals surface area contributed by atoms with Crippen LogP contribution in [0.5, 0.6) is 0 Å². The van der Waals surface area contributed by atoms with Gasteiger partial charge in [0.2, 0.25) is 29.5 Å². The van der Waals surface area contributed by atoms with Gasteiger partial charge in [-0.05, 0) is 43.6 Å². The van der Waals surface area contributed by atoms with Crippen LogP contribution in [0.4, 0.5) is 0 Å². The van der Waals surface area contributed by atoms with Gasteiger partial charge in [0.1, 0.15) is 30.8 Å². The van der Waals surface area contributed by atoms with Crippen molar-refractivity contribution in [1.29, 1.82) is 0 Å². The number of amides is 5. The van der Waals surface area contributed by atoms with E-state index in [9.17, 15) is 28.8 Å². The minimum atomic E-state index is -1.10. The van der Waals surface area contributed by atoms with Crippen LogP contribution < -0.4 is 26.6 Å². The van der Waals surface area contributed by atoms with E-state index >= 15 is 0 Å². The fraction of sp³-hybridized carbons (Fsp3) is 0.692. The van der Waals surface area contributed by atoms with Crippen LogP contribution in [0.1, 0.15) is 52.4 Å². The van der Waals surface area contributed by atoms with Gasteiger partial charge in [0.05, 0.1) is 6.42 Å². The summed E-state index contributed by atoms with van der Waals surface area (Å²) in [4.78, 5) is 77.4. The summed E-state index contributed by atoms with van der Waals surface area (Å²) < 4.78 is 5.46. The van der Waals surface area contributed by atoms with Crippen LogP contribution in [0.15, 0.2) is 12.2 Å². The molecule has 1 aliphatic carbocycles. The highest BCUT2D eigenvalue weighted by atomic mass is 33.1. The number of ether oxygens (including phenoxy) is 1. The largest absolute Gasteiger partial charge is 0.456 e. The number of fused-ring (bicyclic) bond motifs is 7. The van der Waals surface area contributed by atoms with Gasteiger partial charge in [0.15, 0.2) is 0 Å². The number of rotatable bonds is 6. The number of carbonyl (C=O) groups excluding carboxylic acids is 6. The maximum atomic E-state index is 13.4. The van der Waals surface area contributed by atoms with Gasteiger partial charge in [-0.2, -0.15) is 0 Å². The lowest BCUT2D eigenvalue weighted by Gasteiger charge is -2.27. The quantitative estimate of drug-likeness (QED) is 0.163. The molecule has 3 rings (SSSR count). The molecule has 1 saturated heterocycles. The first-order chi connectivity index (χ1) is 19.1. The molecule has 0 radical (unpaired) electrons. The van der Waals surface area contributed by atoms with Gasteiger partial charge >= 0.3 is 5.97 Å². The molecular weight excluding hydrogens is 558 g/mol. The molecule has 222 valence electrons. The Hall–Kier alpha value is -2.74. The summed E-state index contributed by atoms with van der Waals surface area (Å²) in [5.74, 6) is -2.20. The first-order valence-corrected chi connectivity index (χ1v) is 16.2. The molecule has 0 aromatic heterocycles. The Kier molecular flexibility index (Phi) is 12.6. The third-order valence-electron chi connectivity index (χ3n) is 6.59. The zero-order chi connectivity index (χ0) is 29.1. The van der Waals surface area contributed by atoms with Crippen LogP contribution in [0.2, 0.25) is 0 Å². The highest BCUT2D eigenvalue weighted by Crippen LogP contribution is 2.27. The Labute approximate surface area is 242 Å². The molecule has 5 N–H and O–H groups in total. The third-order valence-corrected chi connectivity index (χ3v) is 9.04. The van der Waals surface area contributed by atoms with E-state index in [4.69, 9.17) is 4.74 Å². The van der Waals surface area contributed by atoms with E-state index in [0.29, 0.717) is 24.6 Å². The number of esters is 1. The summed E-state index contributed by atoms with van der Waals surface area (Å²) in [5.41, 5.74) is 0. The van der Waals surface area contributed by atoms with Crippen molar-refractivity contribution in [2.24, 2.45) is 11.8 Å². The van der Waals surface area contributed by atoms with E-state index < -0.39 is 60.4 Å². The summed E-state index contributed by atoms with van der Waals surface area (Å²) >= 11 is 0. The van der Waals surface area contributed by atoms with Gasteiger partial charge in [-0.3, -0.25) is 28.8 Å². The van der Waals surface area contributed by atoms with E-state index in [2.05, 4.69) is 26.6 Å². The van der Waals surface area contributed by atoms with Crippen molar-refractivity contribution < 1.29 is 33.5 Å². The molecule has 5 amide bonds. The Morgan fingerprint density at radius 1 is 1.05 bits per heavy atom. The van der Waals surface area contributed by atoms with Crippen molar-refractivity contribution in [1.82, 2.24) is 26.6 Å². The second-order valence-corrected chi connectivity index (χ2v) is 13.1. The first kappa shape index (κ1) is 31.8. The smallest absolute Gasteiger partial charge is 0.326 e. The molecule has 0 spiro atoms. The van der Waals surface area contributed by atoms with Crippen LogP contribution in [0.3, 0.4) is 0 Å². The first-order valence-electron chi connectivity index (χ1n) is 13.7. The van der Waals surface area contributed by atoms with Gasteiger partial charge in [0.25, 0.3) is 0 Å². The van der Waals surface area contributed by atoms with E-state index in [1.54, 1.807) is 26.0 Å². The van der Waals surface area contributed by atoms with Crippen molar-refractivity contribution in [3.63, 3.8) is 0 Å². The summed E-state index contributed by atoms with van der Waals surface area (Å²) in [6.45, 7) is 3.66. The fourth-order valence-corrected chi connectivity index (χ4v) is 6.22. The highest BCUT2D eigenvalue weighted by Gasteiger charge is 2.32. The zero-order valence-electron chi connectivity index (χ0n) is 22.9. The molecule has 14 heteroatoms. The topological polar surface area (TPSA) is 172 Å². The average Bonchev–Trinajstić information content (AvgIpc) is 3.73. The predicted octanol–water partition coefficient (Wildman–Crippen LogP) is 0.176. The van der Waals surface area contributed by atoms with Gasteiger partial charge in [-0.15, -0.1) is 0 Å². The molecule has 1 saturated carbocycles. The maximum absolute atomic E-state index is 13.4. The zero-order valence-corrected chi connectivity index (χ0v) is 24.5. The Bertz CT molecular complexity index is 988. The highest BCUT2D eigenvalue weighted by molar-refractivity contribution is 8.76. The van der Waals surface area contributed by atoms with Gasteiger partial charge < -0.3 is 31.3 Å². The number of hydrogen-bond acceptors (Lipinski definition) is 9. The Balaban J connectivity index is 1.87. The summed E-state index contributed by atoms with van der Waals surface area (Å²) in [5, 5.41) is 13.4. The number of nitrogens with one attached hydrogen (secondary N) is 5. The molecular formula is C26H39N5O7S2. The van der Waals surface area contributed by atoms with Crippen LogP contribution in [-0.4, -0.2) is 84.3 Å². The summed E-state index contributed by atoms with van der Waals surface area (Å²) in [7, 11) is 2.90. The second-order valence-electron chi connectivity index (χ2n) is 10.5. The molecule has 40 heavy (non-hydrogen) atoms. The normalized spacial score (nSPS) is 28.3. The molecule has 0 aromatic carbocycles. The van der Waals surface area contributed by atoms with Gasteiger partial charge in [0, 0.05) is 24.5 Å². The number of carbonyl (C=O) groups is 6. The lowest BCUT2D eigenvalue weighted by atomic mass is 10.0. The van der Waals surface area contributed by atoms with E-state index in [0.717, 1.165) is 12.8 Å². The monoisotopic (exact) mass is 597 g/mol. The molecule has 12 nitrogen and oxygen atoms in total. The van der Waals surface area contributed by atoms with Crippen molar-refractivity contribution in [2.45, 2.75) is 76.6 Å². The minimum Gasteiger partial charge on any atom is -0.456 e. The average molecular weight is 598 g/mol. The van der Waals surface area contributed by atoms with E-state index in [1.165, 1.54) is 21.6 Å². The number of hydrogen-bond donors (Lipinski definition) is 5. The third kappa shape index (κ3) is 11.0. The minimum absolute atomic E-state index is 0.000460. The van der Waals surface area contributed by atoms with Crippen molar-refractivity contribution >= 4 is 57.1 Å².